The van der Waals surface area contributed by atoms with E-state index in [0.717, 1.165) is 10.4 Å². The van der Waals surface area contributed by atoms with Crippen LogP contribution < -0.4 is 15.8 Å². The van der Waals surface area contributed by atoms with Crippen molar-refractivity contribution in [2.45, 2.75) is 12.5 Å². The van der Waals surface area contributed by atoms with E-state index in [2.05, 4.69) is 10.4 Å². The maximum absolute atomic E-state index is 13.1. The molecule has 4 rings (SSSR count). The van der Waals surface area contributed by atoms with Crippen LogP contribution in [0.4, 0.5) is 10.1 Å². The van der Waals surface area contributed by atoms with Crippen LogP contribution in [-0.2, 0) is 4.79 Å². The third kappa shape index (κ3) is 3.77. The second-order valence-corrected chi connectivity index (χ2v) is 6.59. The lowest BCUT2D eigenvalue weighted by Crippen LogP contribution is -2.42. The first-order valence-electron chi connectivity index (χ1n) is 9.06. The summed E-state index contributed by atoms with van der Waals surface area (Å²) >= 11 is 0. The number of hydrogen-bond donors (Lipinski definition) is 1. The summed E-state index contributed by atoms with van der Waals surface area (Å²) in [5, 5.41) is 6.75. The van der Waals surface area contributed by atoms with Crippen molar-refractivity contribution in [2.75, 3.05) is 11.4 Å². The number of hydrogen-bond acceptors (Lipinski definition) is 4. The summed E-state index contributed by atoms with van der Waals surface area (Å²) < 4.78 is 14.1. The van der Waals surface area contributed by atoms with Crippen LogP contribution in [0.15, 0.2) is 71.5 Å². The summed E-state index contributed by atoms with van der Waals surface area (Å²) in [5.41, 5.74) is 0.635. The Morgan fingerprint density at radius 1 is 0.966 bits per heavy atom. The molecule has 0 saturated carbocycles. The van der Waals surface area contributed by atoms with Gasteiger partial charge in [-0.15, -0.1) is 0 Å². The monoisotopic (exact) mass is 392 g/mol. The number of nitrogens with zero attached hydrogens (tertiary/aromatic N) is 3. The molecule has 1 fully saturated rings. The minimum absolute atomic E-state index is 0.0140. The highest BCUT2D eigenvalue weighted by atomic mass is 19.1. The number of anilines is 1. The fourth-order valence-electron chi connectivity index (χ4n) is 3.21. The van der Waals surface area contributed by atoms with Crippen molar-refractivity contribution < 1.29 is 14.0 Å². The molecule has 7 nitrogen and oxygen atoms in total. The lowest BCUT2D eigenvalue weighted by molar-refractivity contribution is -0.118. The number of nitrogens with one attached hydrogen (secondary N) is 1. The van der Waals surface area contributed by atoms with Crippen LogP contribution in [0.5, 0.6) is 0 Å². The first kappa shape index (κ1) is 18.5. The molecule has 8 heteroatoms. The van der Waals surface area contributed by atoms with E-state index in [1.54, 1.807) is 4.90 Å². The molecule has 0 aliphatic carbocycles. The van der Waals surface area contributed by atoms with Gasteiger partial charge in [-0.3, -0.25) is 14.4 Å². The van der Waals surface area contributed by atoms with Gasteiger partial charge in [-0.2, -0.15) is 9.78 Å². The van der Waals surface area contributed by atoms with E-state index in [0.29, 0.717) is 18.7 Å². The standard InChI is InChI=1S/C21H17FN4O3/c22-14-6-8-16(9-7-14)26-19(27)11-10-17(24-26)20(28)23-18-12-13-25(21(18)29)15-4-2-1-3-5-15/h1-11,18H,12-13H2,(H,23,28). The average molecular weight is 392 g/mol. The number of amides is 2. The lowest BCUT2D eigenvalue weighted by atomic mass is 10.2. The maximum atomic E-state index is 13.1. The van der Waals surface area contributed by atoms with Crippen LogP contribution in [0.25, 0.3) is 5.69 Å². The smallest absolute Gasteiger partial charge is 0.272 e. The fourth-order valence-corrected chi connectivity index (χ4v) is 3.21. The molecule has 1 atom stereocenters. The molecule has 0 bridgehead atoms. The van der Waals surface area contributed by atoms with Gasteiger partial charge in [0.15, 0.2) is 0 Å². The SMILES string of the molecule is O=C(NC1CCN(c2ccccc2)C1=O)c1ccc(=O)n(-c2ccc(F)cc2)n1. The zero-order valence-electron chi connectivity index (χ0n) is 15.3. The molecule has 1 unspecified atom stereocenters. The summed E-state index contributed by atoms with van der Waals surface area (Å²) in [5.74, 6) is -1.20. The Labute approximate surface area is 165 Å². The Bertz CT molecular complexity index is 1110. The molecule has 1 saturated heterocycles. The quantitative estimate of drug-likeness (QED) is 0.735. The first-order chi connectivity index (χ1) is 14.0. The lowest BCUT2D eigenvalue weighted by Gasteiger charge is -2.17. The number of halogens is 1. The minimum atomic E-state index is -0.671. The number of carbonyl (C=O) groups is 2. The molecule has 1 N–H and O–H groups in total. The Morgan fingerprint density at radius 3 is 2.41 bits per heavy atom. The van der Waals surface area contributed by atoms with Crippen LogP contribution in [0.1, 0.15) is 16.9 Å². The Hall–Kier alpha value is -3.81. The van der Waals surface area contributed by atoms with Crippen molar-refractivity contribution in [1.29, 1.82) is 0 Å². The predicted octanol–water partition coefficient (Wildman–Crippen LogP) is 1.91. The van der Waals surface area contributed by atoms with Crippen LogP contribution in [0, 0.1) is 5.82 Å². The summed E-state index contributed by atoms with van der Waals surface area (Å²) in [6, 6.07) is 16.2. The molecule has 146 valence electrons. The van der Waals surface area contributed by atoms with E-state index in [9.17, 15) is 18.8 Å². The van der Waals surface area contributed by atoms with Crippen molar-refractivity contribution in [3.8, 4) is 5.69 Å². The average Bonchev–Trinajstić information content (AvgIpc) is 3.10. The molecule has 3 aromatic rings. The molecule has 0 radical (unpaired) electrons. The van der Waals surface area contributed by atoms with Gasteiger partial charge in [-0.05, 0) is 48.9 Å². The highest BCUT2D eigenvalue weighted by molar-refractivity contribution is 6.03. The second-order valence-electron chi connectivity index (χ2n) is 6.59. The Morgan fingerprint density at radius 2 is 1.69 bits per heavy atom. The molecule has 1 aliphatic heterocycles. The number of aromatic nitrogens is 2. The van der Waals surface area contributed by atoms with Crippen LogP contribution in [-0.4, -0.2) is 34.2 Å². The molecule has 1 aliphatic rings. The van der Waals surface area contributed by atoms with Gasteiger partial charge < -0.3 is 10.2 Å². The topological polar surface area (TPSA) is 84.3 Å². The van der Waals surface area contributed by atoms with Gasteiger partial charge in [0.25, 0.3) is 11.5 Å². The first-order valence-corrected chi connectivity index (χ1v) is 9.06. The highest BCUT2D eigenvalue weighted by Crippen LogP contribution is 2.21. The normalized spacial score (nSPS) is 16.1. The summed E-state index contributed by atoms with van der Waals surface area (Å²) in [6.07, 6.45) is 0.469. The van der Waals surface area contributed by atoms with Crippen molar-refractivity contribution in [3.05, 3.63) is 88.6 Å². The molecule has 0 spiro atoms. The van der Waals surface area contributed by atoms with E-state index < -0.39 is 23.3 Å². The number of para-hydroxylation sites is 1. The molecule has 2 aromatic carbocycles. The van der Waals surface area contributed by atoms with E-state index >= 15 is 0 Å². The van der Waals surface area contributed by atoms with Gasteiger partial charge in [0.05, 0.1) is 5.69 Å². The second kappa shape index (κ2) is 7.67. The third-order valence-electron chi connectivity index (χ3n) is 4.68. The third-order valence-corrected chi connectivity index (χ3v) is 4.68. The van der Waals surface area contributed by atoms with Gasteiger partial charge in [0, 0.05) is 18.3 Å². The number of benzene rings is 2. The molecule has 1 aromatic heterocycles. The largest absolute Gasteiger partial charge is 0.339 e. The zero-order chi connectivity index (χ0) is 20.4. The molecule has 2 amide bonds. The summed E-state index contributed by atoms with van der Waals surface area (Å²) in [7, 11) is 0. The van der Waals surface area contributed by atoms with Gasteiger partial charge in [-0.1, -0.05) is 18.2 Å². The van der Waals surface area contributed by atoms with Crippen LogP contribution in [0.3, 0.4) is 0 Å². The van der Waals surface area contributed by atoms with Crippen molar-refractivity contribution in [3.63, 3.8) is 0 Å². The van der Waals surface area contributed by atoms with Gasteiger partial charge in [-0.25, -0.2) is 4.39 Å². The summed E-state index contributed by atoms with van der Waals surface area (Å²) in [4.78, 5) is 39.0. The van der Waals surface area contributed by atoms with Crippen molar-refractivity contribution in [2.24, 2.45) is 0 Å². The van der Waals surface area contributed by atoms with E-state index in [-0.39, 0.29) is 11.6 Å². The van der Waals surface area contributed by atoms with Crippen LogP contribution in [0.2, 0.25) is 0 Å². The van der Waals surface area contributed by atoms with Gasteiger partial charge in [0.1, 0.15) is 17.6 Å². The predicted molar refractivity (Wildman–Crippen MR) is 104 cm³/mol. The highest BCUT2D eigenvalue weighted by Gasteiger charge is 2.34. The van der Waals surface area contributed by atoms with Crippen molar-refractivity contribution >= 4 is 17.5 Å². The minimum Gasteiger partial charge on any atom is -0.339 e. The maximum Gasteiger partial charge on any atom is 0.272 e. The number of carbonyl (C=O) groups excluding carboxylic acids is 2. The molecular weight excluding hydrogens is 375 g/mol. The molecule has 2 heterocycles. The Kier molecular flexibility index (Phi) is 4.90. The van der Waals surface area contributed by atoms with Crippen LogP contribution >= 0.6 is 0 Å². The van der Waals surface area contributed by atoms with E-state index in [4.69, 9.17) is 0 Å². The fraction of sp³-hybridized carbons (Fsp3) is 0.143. The van der Waals surface area contributed by atoms with E-state index in [1.807, 2.05) is 30.3 Å². The van der Waals surface area contributed by atoms with Crippen molar-refractivity contribution in [1.82, 2.24) is 15.1 Å². The van der Waals surface area contributed by atoms with Gasteiger partial charge >= 0.3 is 0 Å². The number of rotatable bonds is 4. The van der Waals surface area contributed by atoms with E-state index in [1.165, 1.54) is 36.4 Å². The Balaban J connectivity index is 1.52. The molecule has 29 heavy (non-hydrogen) atoms. The molecular formula is C21H17FN4O3. The zero-order valence-corrected chi connectivity index (χ0v) is 15.3. The summed E-state index contributed by atoms with van der Waals surface area (Å²) in [6.45, 7) is 0.496. The van der Waals surface area contributed by atoms with Gasteiger partial charge in [0.2, 0.25) is 5.91 Å².